The van der Waals surface area contributed by atoms with Crippen LogP contribution < -0.4 is 16.4 Å². The van der Waals surface area contributed by atoms with Crippen LogP contribution in [-0.4, -0.2) is 34.5 Å². The van der Waals surface area contributed by atoms with Crippen LogP contribution in [0, 0.1) is 0 Å². The molecule has 8 nitrogen and oxygen atoms in total. The Bertz CT molecular complexity index is 1690. The molecule has 3 amide bonds. The third-order valence-electron chi connectivity index (χ3n) is 7.29. The zero-order valence-corrected chi connectivity index (χ0v) is 22.7. The number of carbonyl (C=O) groups is 3. The molecule has 0 aliphatic rings. The monoisotopic (exact) mass is 548 g/mol. The van der Waals surface area contributed by atoms with Crippen molar-refractivity contribution in [2.45, 2.75) is 38.0 Å². The molecule has 8 heteroatoms. The summed E-state index contributed by atoms with van der Waals surface area (Å²) in [5.74, 6) is -1.23. The van der Waals surface area contributed by atoms with Gasteiger partial charge in [-0.1, -0.05) is 91.0 Å². The number of alkyl carbamates (subject to hydrolysis) is 1. The maximum Gasteiger partial charge on any atom is 0.408 e. The van der Waals surface area contributed by atoms with Crippen molar-refractivity contribution in [2.24, 2.45) is 5.73 Å². The molecule has 0 saturated carbocycles. The van der Waals surface area contributed by atoms with Crippen molar-refractivity contribution >= 4 is 39.6 Å². The second kappa shape index (κ2) is 12.0. The molecule has 5 N–H and O–H groups in total. The van der Waals surface area contributed by atoms with E-state index in [1.54, 1.807) is 6.92 Å². The van der Waals surface area contributed by atoms with Gasteiger partial charge in [-0.25, -0.2) is 4.79 Å². The first kappa shape index (κ1) is 27.5. The molecule has 5 aromatic rings. The van der Waals surface area contributed by atoms with E-state index in [0.29, 0.717) is 0 Å². The smallest absolute Gasteiger partial charge is 0.408 e. The van der Waals surface area contributed by atoms with Crippen LogP contribution >= 0.6 is 0 Å². The van der Waals surface area contributed by atoms with E-state index in [9.17, 15) is 14.4 Å². The number of primary amides is 1. The third kappa shape index (κ3) is 6.38. The molecule has 2 atom stereocenters. The lowest BCUT2D eigenvalue weighted by Crippen LogP contribution is -2.61. The van der Waals surface area contributed by atoms with E-state index >= 15 is 0 Å². The van der Waals surface area contributed by atoms with Gasteiger partial charge in [0.15, 0.2) is 0 Å². The molecular weight excluding hydrogens is 516 g/mol. The van der Waals surface area contributed by atoms with Crippen LogP contribution in [0.3, 0.4) is 0 Å². The zero-order chi connectivity index (χ0) is 28.8. The summed E-state index contributed by atoms with van der Waals surface area (Å²) < 4.78 is 5.57. The van der Waals surface area contributed by atoms with Crippen molar-refractivity contribution in [1.29, 1.82) is 0 Å². The average molecular weight is 549 g/mol. The summed E-state index contributed by atoms with van der Waals surface area (Å²) in [6, 6.07) is 29.6. The second-order valence-electron chi connectivity index (χ2n) is 10.3. The summed E-state index contributed by atoms with van der Waals surface area (Å²) in [6.07, 6.45) is 1.42. The Hall–Kier alpha value is -5.11. The molecule has 0 radical (unpaired) electrons. The van der Waals surface area contributed by atoms with Crippen molar-refractivity contribution in [2.75, 3.05) is 0 Å². The number of aromatic nitrogens is 1. The maximum atomic E-state index is 13.7. The van der Waals surface area contributed by atoms with Crippen LogP contribution in [0.1, 0.15) is 23.6 Å². The first-order valence-corrected chi connectivity index (χ1v) is 13.4. The van der Waals surface area contributed by atoms with Gasteiger partial charge in [0.25, 0.3) is 0 Å². The van der Waals surface area contributed by atoms with Crippen LogP contribution in [0.25, 0.3) is 21.7 Å². The Kier molecular flexibility index (Phi) is 8.01. The third-order valence-corrected chi connectivity index (χ3v) is 7.29. The van der Waals surface area contributed by atoms with Gasteiger partial charge in [-0.15, -0.1) is 0 Å². The number of fused-ring (bicyclic) bond motifs is 2. The Balaban J connectivity index is 1.36. The number of H-pyrrole nitrogens is 1. The van der Waals surface area contributed by atoms with E-state index in [4.69, 9.17) is 10.5 Å². The second-order valence-corrected chi connectivity index (χ2v) is 10.3. The van der Waals surface area contributed by atoms with Gasteiger partial charge in [0.2, 0.25) is 11.8 Å². The molecule has 1 heterocycles. The Morgan fingerprint density at radius 2 is 1.54 bits per heavy atom. The fraction of sp³-hybridized carbons (Fsp3) is 0.182. The first-order valence-electron chi connectivity index (χ1n) is 13.4. The van der Waals surface area contributed by atoms with Gasteiger partial charge in [0, 0.05) is 29.9 Å². The first-order chi connectivity index (χ1) is 19.8. The van der Waals surface area contributed by atoms with Gasteiger partial charge in [0.1, 0.15) is 18.2 Å². The number of carbonyl (C=O) groups excluding carboxylic acids is 3. The zero-order valence-electron chi connectivity index (χ0n) is 22.7. The van der Waals surface area contributed by atoms with Gasteiger partial charge in [-0.3, -0.25) is 9.59 Å². The number of para-hydroxylation sites is 1. The summed E-state index contributed by atoms with van der Waals surface area (Å²) in [7, 11) is 0. The normalized spacial score (nSPS) is 13.3. The maximum absolute atomic E-state index is 13.7. The standard InChI is InChI=1S/C33H32N4O4/c1-33(31(34)39,19-22-10-3-2-4-11-22)37-30(38)29(18-25-20-35-28-17-8-7-16-27(25)28)36-32(40)41-21-24-14-9-13-23-12-5-6-15-26(23)24/h2-17,20,29,35H,18-19,21H2,1H3,(H2,34,39)(H,36,40)(H,37,38)/t29-,33-/m0/s1. The minimum Gasteiger partial charge on any atom is -0.445 e. The highest BCUT2D eigenvalue weighted by atomic mass is 16.5. The Labute approximate surface area is 237 Å². The molecule has 0 aliphatic carbocycles. The summed E-state index contributed by atoms with van der Waals surface area (Å²) >= 11 is 0. The van der Waals surface area contributed by atoms with Gasteiger partial charge in [0.05, 0.1) is 0 Å². The van der Waals surface area contributed by atoms with E-state index in [1.165, 1.54) is 0 Å². The number of benzene rings is 4. The molecule has 41 heavy (non-hydrogen) atoms. The quantitative estimate of drug-likeness (QED) is 0.201. The van der Waals surface area contributed by atoms with Gasteiger partial charge < -0.3 is 26.1 Å². The van der Waals surface area contributed by atoms with Crippen molar-refractivity contribution in [3.63, 3.8) is 0 Å². The molecule has 0 fully saturated rings. The lowest BCUT2D eigenvalue weighted by molar-refractivity contribution is -0.132. The topological polar surface area (TPSA) is 126 Å². The Morgan fingerprint density at radius 3 is 2.32 bits per heavy atom. The van der Waals surface area contributed by atoms with Crippen LogP contribution in [0.2, 0.25) is 0 Å². The minimum atomic E-state index is -1.38. The van der Waals surface area contributed by atoms with Crippen molar-refractivity contribution in [3.8, 4) is 0 Å². The summed E-state index contributed by atoms with van der Waals surface area (Å²) in [6.45, 7) is 1.61. The molecule has 0 saturated heterocycles. The molecule has 0 aliphatic heterocycles. The number of rotatable bonds is 10. The highest BCUT2D eigenvalue weighted by Crippen LogP contribution is 2.21. The highest BCUT2D eigenvalue weighted by molar-refractivity contribution is 5.94. The molecule has 208 valence electrons. The van der Waals surface area contributed by atoms with E-state index in [-0.39, 0.29) is 19.4 Å². The Morgan fingerprint density at radius 1 is 0.854 bits per heavy atom. The van der Waals surface area contributed by atoms with E-state index < -0.39 is 29.5 Å². The fourth-order valence-corrected chi connectivity index (χ4v) is 5.03. The number of aromatic amines is 1. The number of ether oxygens (including phenoxy) is 1. The summed E-state index contributed by atoms with van der Waals surface area (Å²) in [4.78, 5) is 42.5. The predicted molar refractivity (Wildman–Crippen MR) is 159 cm³/mol. The highest BCUT2D eigenvalue weighted by Gasteiger charge is 2.36. The lowest BCUT2D eigenvalue weighted by Gasteiger charge is -2.30. The predicted octanol–water partition coefficient (Wildman–Crippen LogP) is 4.76. The molecule has 0 bridgehead atoms. The van der Waals surface area contributed by atoms with Crippen LogP contribution in [0.15, 0.2) is 103 Å². The van der Waals surface area contributed by atoms with Gasteiger partial charge in [-0.2, -0.15) is 0 Å². The van der Waals surface area contributed by atoms with Crippen LogP contribution in [-0.2, 0) is 33.8 Å². The van der Waals surface area contributed by atoms with Crippen molar-refractivity contribution < 1.29 is 19.1 Å². The summed E-state index contributed by atoms with van der Waals surface area (Å²) in [5, 5.41) is 8.48. The van der Waals surface area contributed by atoms with Gasteiger partial charge in [-0.05, 0) is 40.5 Å². The number of amides is 3. The molecule has 0 unspecified atom stereocenters. The van der Waals surface area contributed by atoms with Crippen molar-refractivity contribution in [3.05, 3.63) is 120 Å². The van der Waals surface area contributed by atoms with Gasteiger partial charge >= 0.3 is 6.09 Å². The fourth-order valence-electron chi connectivity index (χ4n) is 5.03. The molecule has 5 rings (SSSR count). The average Bonchev–Trinajstić information content (AvgIpc) is 3.38. The SMILES string of the molecule is C[C@@](Cc1ccccc1)(NC(=O)[C@H](Cc1c[nH]c2ccccc12)NC(=O)OCc1cccc2ccccc12)C(N)=O. The van der Waals surface area contributed by atoms with E-state index in [0.717, 1.165) is 38.4 Å². The largest absolute Gasteiger partial charge is 0.445 e. The number of hydrogen-bond acceptors (Lipinski definition) is 4. The van der Waals surface area contributed by atoms with Crippen LogP contribution in [0.5, 0.6) is 0 Å². The van der Waals surface area contributed by atoms with E-state index in [2.05, 4.69) is 15.6 Å². The summed E-state index contributed by atoms with van der Waals surface area (Å²) in [5.41, 5.74) is 7.81. The molecule has 4 aromatic carbocycles. The van der Waals surface area contributed by atoms with Crippen molar-refractivity contribution in [1.82, 2.24) is 15.6 Å². The van der Waals surface area contributed by atoms with Crippen LogP contribution in [0.4, 0.5) is 4.79 Å². The number of nitrogens with two attached hydrogens (primary N) is 1. The minimum absolute atomic E-state index is 0.0294. The number of hydrogen-bond donors (Lipinski definition) is 4. The molecule has 1 aromatic heterocycles. The number of nitrogens with one attached hydrogen (secondary N) is 3. The molecular formula is C33H32N4O4. The molecule has 0 spiro atoms. The van der Waals surface area contributed by atoms with E-state index in [1.807, 2.05) is 103 Å². The lowest BCUT2D eigenvalue weighted by atomic mass is 9.91.